The number of benzene rings is 1. The highest BCUT2D eigenvalue weighted by atomic mass is 35.5. The lowest BCUT2D eigenvalue weighted by Crippen LogP contribution is -2.41. The summed E-state index contributed by atoms with van der Waals surface area (Å²) < 4.78 is 37.6. The molecule has 1 aliphatic rings. The standard InChI is InChI=1S/C15H17ClF3NO/c16-10-13-4-2-1-3-9-20(13)14(21)11-5-7-12(8-6-11)15(17,18)19/h5-8,13H,1-4,9-10H2. The highest BCUT2D eigenvalue weighted by Crippen LogP contribution is 2.29. The summed E-state index contributed by atoms with van der Waals surface area (Å²) in [5, 5.41) is 0. The highest BCUT2D eigenvalue weighted by Gasteiger charge is 2.31. The van der Waals surface area contributed by atoms with Crippen LogP contribution in [0.1, 0.15) is 41.6 Å². The number of halogens is 4. The molecule has 1 aliphatic heterocycles. The van der Waals surface area contributed by atoms with E-state index in [4.69, 9.17) is 11.6 Å². The largest absolute Gasteiger partial charge is 0.416 e. The number of carbonyl (C=O) groups excluding carboxylic acids is 1. The monoisotopic (exact) mass is 319 g/mol. The van der Waals surface area contributed by atoms with E-state index in [1.54, 1.807) is 4.90 Å². The summed E-state index contributed by atoms with van der Waals surface area (Å²) in [7, 11) is 0. The maximum atomic E-state index is 12.5. The van der Waals surface area contributed by atoms with E-state index >= 15 is 0 Å². The molecular formula is C15H17ClF3NO. The molecule has 0 aliphatic carbocycles. The van der Waals surface area contributed by atoms with Crippen LogP contribution < -0.4 is 0 Å². The Morgan fingerprint density at radius 1 is 1.19 bits per heavy atom. The van der Waals surface area contributed by atoms with Crippen molar-refractivity contribution in [3.05, 3.63) is 35.4 Å². The zero-order chi connectivity index (χ0) is 15.5. The Kier molecular flexibility index (Phi) is 5.14. The molecule has 2 nitrogen and oxygen atoms in total. The Balaban J connectivity index is 2.18. The average molecular weight is 320 g/mol. The molecule has 1 heterocycles. The SMILES string of the molecule is O=C(c1ccc(C(F)(F)F)cc1)N1CCCCCC1CCl. The smallest absolute Gasteiger partial charge is 0.334 e. The fourth-order valence-electron chi connectivity index (χ4n) is 2.57. The topological polar surface area (TPSA) is 20.3 Å². The second-order valence-electron chi connectivity index (χ2n) is 5.23. The maximum absolute atomic E-state index is 12.5. The van der Waals surface area contributed by atoms with E-state index in [1.165, 1.54) is 12.1 Å². The van der Waals surface area contributed by atoms with Crippen LogP contribution in [0.3, 0.4) is 0 Å². The van der Waals surface area contributed by atoms with Gasteiger partial charge in [-0.05, 0) is 37.1 Å². The Bertz CT molecular complexity index is 487. The highest BCUT2D eigenvalue weighted by molar-refractivity contribution is 6.18. The van der Waals surface area contributed by atoms with Gasteiger partial charge in [0.15, 0.2) is 0 Å². The zero-order valence-electron chi connectivity index (χ0n) is 11.5. The third-order valence-corrected chi connectivity index (χ3v) is 4.13. The number of nitrogens with zero attached hydrogens (tertiary/aromatic N) is 1. The molecule has 6 heteroatoms. The number of hydrogen-bond donors (Lipinski definition) is 0. The number of likely N-dealkylation sites (tertiary alicyclic amines) is 1. The summed E-state index contributed by atoms with van der Waals surface area (Å²) in [4.78, 5) is 14.2. The van der Waals surface area contributed by atoms with Crippen LogP contribution in [0.2, 0.25) is 0 Å². The van der Waals surface area contributed by atoms with E-state index in [1.807, 2.05) is 0 Å². The molecule has 2 rings (SSSR count). The first-order valence-electron chi connectivity index (χ1n) is 6.97. The summed E-state index contributed by atoms with van der Waals surface area (Å²) in [6.45, 7) is 0.608. The quantitative estimate of drug-likeness (QED) is 0.743. The van der Waals surface area contributed by atoms with E-state index in [2.05, 4.69) is 0 Å². The Morgan fingerprint density at radius 2 is 1.86 bits per heavy atom. The van der Waals surface area contributed by atoms with Crippen molar-refractivity contribution in [3.63, 3.8) is 0 Å². The van der Waals surface area contributed by atoms with E-state index in [-0.39, 0.29) is 17.5 Å². The van der Waals surface area contributed by atoms with Gasteiger partial charge in [-0.15, -0.1) is 11.6 Å². The molecule has 116 valence electrons. The van der Waals surface area contributed by atoms with Crippen molar-refractivity contribution >= 4 is 17.5 Å². The third kappa shape index (κ3) is 3.90. The van der Waals surface area contributed by atoms with Crippen LogP contribution in [-0.2, 0) is 6.18 Å². The second kappa shape index (κ2) is 6.69. The van der Waals surface area contributed by atoms with Crippen molar-refractivity contribution in [2.75, 3.05) is 12.4 Å². The normalized spacial score (nSPS) is 20.2. The lowest BCUT2D eigenvalue weighted by atomic mass is 10.1. The van der Waals surface area contributed by atoms with Gasteiger partial charge in [-0.2, -0.15) is 13.2 Å². The molecule has 1 fully saturated rings. The molecule has 0 radical (unpaired) electrons. The molecule has 0 saturated carbocycles. The van der Waals surface area contributed by atoms with E-state index < -0.39 is 11.7 Å². The van der Waals surface area contributed by atoms with Crippen LogP contribution >= 0.6 is 11.6 Å². The van der Waals surface area contributed by atoms with Gasteiger partial charge in [0.25, 0.3) is 5.91 Å². The minimum absolute atomic E-state index is 0.0380. The number of rotatable bonds is 2. The van der Waals surface area contributed by atoms with Gasteiger partial charge < -0.3 is 4.90 Å². The van der Waals surface area contributed by atoms with Crippen molar-refractivity contribution in [1.82, 2.24) is 4.90 Å². The van der Waals surface area contributed by atoms with E-state index in [0.29, 0.717) is 12.4 Å². The molecule has 1 aromatic carbocycles. The molecule has 0 N–H and O–H groups in total. The van der Waals surface area contributed by atoms with Crippen molar-refractivity contribution in [2.45, 2.75) is 37.9 Å². The molecule has 0 bridgehead atoms. The first-order chi connectivity index (χ1) is 9.93. The molecule has 1 atom stereocenters. The van der Waals surface area contributed by atoms with Crippen LogP contribution in [0, 0.1) is 0 Å². The number of hydrogen-bond acceptors (Lipinski definition) is 1. The fraction of sp³-hybridized carbons (Fsp3) is 0.533. The molecule has 1 saturated heterocycles. The molecular weight excluding hydrogens is 303 g/mol. The average Bonchev–Trinajstić information content (AvgIpc) is 2.70. The van der Waals surface area contributed by atoms with E-state index in [9.17, 15) is 18.0 Å². The van der Waals surface area contributed by atoms with Gasteiger partial charge in [0.2, 0.25) is 0 Å². The second-order valence-corrected chi connectivity index (χ2v) is 5.54. The third-order valence-electron chi connectivity index (χ3n) is 3.78. The number of alkyl halides is 4. The predicted molar refractivity (Wildman–Crippen MR) is 75.5 cm³/mol. The lowest BCUT2D eigenvalue weighted by molar-refractivity contribution is -0.137. The van der Waals surface area contributed by atoms with Crippen LogP contribution in [0.4, 0.5) is 13.2 Å². The molecule has 1 unspecified atom stereocenters. The van der Waals surface area contributed by atoms with Gasteiger partial charge in [0.1, 0.15) is 0 Å². The summed E-state index contributed by atoms with van der Waals surface area (Å²) in [5.41, 5.74) is -0.469. The summed E-state index contributed by atoms with van der Waals surface area (Å²) >= 11 is 5.92. The summed E-state index contributed by atoms with van der Waals surface area (Å²) in [6, 6.07) is 4.33. The first kappa shape index (κ1) is 16.1. The Hall–Kier alpha value is -1.23. The van der Waals surface area contributed by atoms with Gasteiger partial charge in [-0.1, -0.05) is 12.8 Å². The van der Waals surface area contributed by atoms with Crippen molar-refractivity contribution < 1.29 is 18.0 Å². The number of amides is 1. The molecule has 1 aromatic rings. The molecule has 0 aromatic heterocycles. The van der Waals surface area contributed by atoms with Crippen molar-refractivity contribution in [3.8, 4) is 0 Å². The van der Waals surface area contributed by atoms with Gasteiger partial charge in [-0.3, -0.25) is 4.79 Å². The van der Waals surface area contributed by atoms with Gasteiger partial charge >= 0.3 is 6.18 Å². The zero-order valence-corrected chi connectivity index (χ0v) is 12.3. The predicted octanol–water partition coefficient (Wildman–Crippen LogP) is 4.33. The molecule has 1 amide bonds. The molecule has 21 heavy (non-hydrogen) atoms. The van der Waals surface area contributed by atoms with Crippen LogP contribution in [0.5, 0.6) is 0 Å². The fourth-order valence-corrected chi connectivity index (χ4v) is 2.89. The lowest BCUT2D eigenvalue weighted by Gasteiger charge is -2.28. The van der Waals surface area contributed by atoms with E-state index in [0.717, 1.165) is 37.8 Å². The van der Waals surface area contributed by atoms with Gasteiger partial charge in [-0.25, -0.2) is 0 Å². The molecule has 0 spiro atoms. The van der Waals surface area contributed by atoms with Crippen LogP contribution in [0.25, 0.3) is 0 Å². The van der Waals surface area contributed by atoms with Gasteiger partial charge in [0, 0.05) is 24.0 Å². The summed E-state index contributed by atoms with van der Waals surface area (Å²) in [5.74, 6) is 0.114. The Morgan fingerprint density at radius 3 is 2.43 bits per heavy atom. The minimum atomic E-state index is -4.39. The number of carbonyl (C=O) groups is 1. The van der Waals surface area contributed by atoms with Crippen molar-refractivity contribution in [2.24, 2.45) is 0 Å². The first-order valence-corrected chi connectivity index (χ1v) is 7.51. The van der Waals surface area contributed by atoms with Crippen LogP contribution in [-0.4, -0.2) is 29.3 Å². The van der Waals surface area contributed by atoms with Crippen molar-refractivity contribution in [1.29, 1.82) is 0 Å². The van der Waals surface area contributed by atoms with Gasteiger partial charge in [0.05, 0.1) is 5.56 Å². The van der Waals surface area contributed by atoms with Crippen LogP contribution in [0.15, 0.2) is 24.3 Å². The minimum Gasteiger partial charge on any atom is -0.334 e. The summed E-state index contributed by atoms with van der Waals surface area (Å²) in [6.07, 6.45) is -0.573. The maximum Gasteiger partial charge on any atom is 0.416 e. The Labute approximate surface area is 126 Å².